The molecule has 4 nitrogen and oxygen atoms in total. The zero-order valence-corrected chi connectivity index (χ0v) is 11.7. The molecule has 2 heterocycles. The summed E-state index contributed by atoms with van der Waals surface area (Å²) in [6, 6.07) is 10.2. The first-order valence-corrected chi connectivity index (χ1v) is 7.27. The Balaban J connectivity index is 1.60. The third-order valence-corrected chi connectivity index (χ3v) is 4.56. The maximum atomic E-state index is 12.0. The molecular formula is C16H21NO3. The summed E-state index contributed by atoms with van der Waals surface area (Å²) in [6.07, 6.45) is 2.34. The molecule has 0 aromatic heterocycles. The van der Waals surface area contributed by atoms with Crippen molar-refractivity contribution in [2.24, 2.45) is 0 Å². The van der Waals surface area contributed by atoms with E-state index in [0.717, 1.165) is 18.4 Å². The fraction of sp³-hybridized carbons (Fsp3) is 0.562. The van der Waals surface area contributed by atoms with Crippen LogP contribution in [0.2, 0.25) is 0 Å². The van der Waals surface area contributed by atoms with Crippen LogP contribution in [-0.4, -0.2) is 47.3 Å². The van der Waals surface area contributed by atoms with Crippen LogP contribution in [0.1, 0.15) is 24.8 Å². The van der Waals surface area contributed by atoms with Crippen molar-refractivity contribution in [3.63, 3.8) is 0 Å². The van der Waals surface area contributed by atoms with Crippen LogP contribution in [0.4, 0.5) is 0 Å². The lowest BCUT2D eigenvalue weighted by molar-refractivity contribution is -0.149. The number of ether oxygens (including phenoxy) is 1. The number of fused-ring (bicyclic) bond motifs is 2. The van der Waals surface area contributed by atoms with Crippen molar-refractivity contribution in [2.45, 2.75) is 50.0 Å². The van der Waals surface area contributed by atoms with E-state index in [1.807, 2.05) is 30.3 Å². The van der Waals surface area contributed by atoms with E-state index in [1.165, 1.54) is 0 Å². The van der Waals surface area contributed by atoms with Gasteiger partial charge in [0.2, 0.25) is 0 Å². The van der Waals surface area contributed by atoms with Gasteiger partial charge in [-0.15, -0.1) is 0 Å². The molecule has 0 spiro atoms. The van der Waals surface area contributed by atoms with E-state index in [1.54, 1.807) is 0 Å². The number of hydrogen-bond donors (Lipinski definition) is 1. The number of carbonyl (C=O) groups is 1. The first-order valence-electron chi connectivity index (χ1n) is 7.27. The van der Waals surface area contributed by atoms with Gasteiger partial charge in [-0.2, -0.15) is 0 Å². The molecule has 4 atom stereocenters. The maximum Gasteiger partial charge on any atom is 0.310 e. The molecule has 0 amide bonds. The van der Waals surface area contributed by atoms with Gasteiger partial charge in [0.1, 0.15) is 6.10 Å². The lowest BCUT2D eigenvalue weighted by Crippen LogP contribution is -2.44. The highest BCUT2D eigenvalue weighted by molar-refractivity contribution is 5.72. The lowest BCUT2D eigenvalue weighted by Gasteiger charge is -2.34. The molecule has 1 aromatic rings. The van der Waals surface area contributed by atoms with Gasteiger partial charge in [-0.05, 0) is 25.5 Å². The minimum atomic E-state index is -0.251. The summed E-state index contributed by atoms with van der Waals surface area (Å²) < 4.78 is 5.66. The lowest BCUT2D eigenvalue weighted by atomic mass is 10.0. The van der Waals surface area contributed by atoms with Crippen molar-refractivity contribution in [3.8, 4) is 0 Å². The number of piperidine rings is 1. The summed E-state index contributed by atoms with van der Waals surface area (Å²) in [6.45, 7) is 0. The summed E-state index contributed by atoms with van der Waals surface area (Å²) in [7, 11) is 2.06. The van der Waals surface area contributed by atoms with Gasteiger partial charge in [0, 0.05) is 18.5 Å². The van der Waals surface area contributed by atoms with Crippen LogP contribution in [0.25, 0.3) is 0 Å². The zero-order chi connectivity index (χ0) is 14.1. The molecule has 2 unspecified atom stereocenters. The number of benzene rings is 1. The predicted octanol–water partition coefficient (Wildman–Crippen LogP) is 1.37. The van der Waals surface area contributed by atoms with E-state index < -0.39 is 0 Å². The van der Waals surface area contributed by atoms with Gasteiger partial charge in [-0.3, -0.25) is 9.69 Å². The Morgan fingerprint density at radius 2 is 2.05 bits per heavy atom. The number of rotatable bonds is 3. The molecule has 4 heteroatoms. The van der Waals surface area contributed by atoms with E-state index in [4.69, 9.17) is 4.74 Å². The number of likely N-dealkylation sites (N-methyl/N-ethyl adjacent to an activating group) is 1. The van der Waals surface area contributed by atoms with Gasteiger partial charge >= 0.3 is 5.97 Å². The molecule has 2 aliphatic rings. The number of esters is 1. The van der Waals surface area contributed by atoms with Crippen molar-refractivity contribution in [1.29, 1.82) is 0 Å². The summed E-state index contributed by atoms with van der Waals surface area (Å²) in [4.78, 5) is 14.3. The van der Waals surface area contributed by atoms with Crippen LogP contribution in [-0.2, 0) is 16.0 Å². The molecular weight excluding hydrogens is 254 g/mol. The molecule has 1 aromatic carbocycles. The quantitative estimate of drug-likeness (QED) is 0.847. The fourth-order valence-corrected chi connectivity index (χ4v) is 3.49. The molecule has 0 radical (unpaired) electrons. The number of nitrogens with zero attached hydrogens (tertiary/aromatic N) is 1. The van der Waals surface area contributed by atoms with Crippen LogP contribution >= 0.6 is 0 Å². The molecule has 2 saturated heterocycles. The number of hydrogen-bond acceptors (Lipinski definition) is 4. The van der Waals surface area contributed by atoms with Crippen molar-refractivity contribution in [3.05, 3.63) is 35.9 Å². The molecule has 108 valence electrons. The first-order chi connectivity index (χ1) is 9.63. The van der Waals surface area contributed by atoms with Crippen molar-refractivity contribution in [2.75, 3.05) is 7.05 Å². The highest BCUT2D eigenvalue weighted by Gasteiger charge is 2.46. The number of carbonyl (C=O) groups excluding carboxylic acids is 1. The Morgan fingerprint density at radius 1 is 1.30 bits per heavy atom. The van der Waals surface area contributed by atoms with Gasteiger partial charge in [0.05, 0.1) is 12.5 Å². The zero-order valence-electron chi connectivity index (χ0n) is 11.7. The van der Waals surface area contributed by atoms with Gasteiger partial charge < -0.3 is 9.84 Å². The fourth-order valence-electron chi connectivity index (χ4n) is 3.49. The van der Waals surface area contributed by atoms with Crippen LogP contribution in [0.5, 0.6) is 0 Å². The van der Waals surface area contributed by atoms with Gasteiger partial charge in [-0.25, -0.2) is 0 Å². The summed E-state index contributed by atoms with van der Waals surface area (Å²) >= 11 is 0. The van der Waals surface area contributed by atoms with Crippen LogP contribution in [0, 0.1) is 0 Å². The van der Waals surface area contributed by atoms with Crippen molar-refractivity contribution < 1.29 is 14.6 Å². The van der Waals surface area contributed by atoms with E-state index in [9.17, 15) is 9.90 Å². The largest absolute Gasteiger partial charge is 0.460 e. The van der Waals surface area contributed by atoms with Crippen molar-refractivity contribution >= 4 is 5.97 Å². The highest BCUT2D eigenvalue weighted by Crippen LogP contribution is 2.36. The minimum Gasteiger partial charge on any atom is -0.460 e. The normalized spacial score (nSPS) is 33.1. The molecule has 2 bridgehead atoms. The molecule has 2 aliphatic heterocycles. The number of aliphatic hydroxyl groups excluding tert-OH is 1. The second-order valence-electron chi connectivity index (χ2n) is 5.94. The monoisotopic (exact) mass is 275 g/mol. The Morgan fingerprint density at radius 3 is 2.80 bits per heavy atom. The molecule has 3 rings (SSSR count). The average Bonchev–Trinajstić information content (AvgIpc) is 2.60. The van der Waals surface area contributed by atoms with E-state index >= 15 is 0 Å². The predicted molar refractivity (Wildman–Crippen MR) is 75.2 cm³/mol. The van der Waals surface area contributed by atoms with Gasteiger partial charge in [0.25, 0.3) is 0 Å². The third-order valence-electron chi connectivity index (χ3n) is 4.56. The maximum absolute atomic E-state index is 12.0. The molecule has 0 aliphatic carbocycles. The molecule has 2 fully saturated rings. The molecule has 0 saturated carbocycles. The second-order valence-corrected chi connectivity index (χ2v) is 5.94. The SMILES string of the molecule is CN1[C@H]2CC(O)C[C@@H]1C(OC(=O)Cc1ccccc1)C2. The summed E-state index contributed by atoms with van der Waals surface area (Å²) in [5.74, 6) is -0.170. The number of aliphatic hydroxyl groups is 1. The van der Waals surface area contributed by atoms with Crippen LogP contribution < -0.4 is 0 Å². The van der Waals surface area contributed by atoms with Crippen LogP contribution in [0.3, 0.4) is 0 Å². The minimum absolute atomic E-state index is 0.0710. The second kappa shape index (κ2) is 5.54. The standard InChI is InChI=1S/C16H21NO3/c1-17-12-8-13(18)10-14(17)15(9-12)20-16(19)7-11-5-3-2-4-6-11/h2-6,12-15,18H,7-10H2,1H3/t12-,13?,14+,15?/m0/s1. The first kappa shape index (κ1) is 13.6. The van der Waals surface area contributed by atoms with Gasteiger partial charge in [0.15, 0.2) is 0 Å². The smallest absolute Gasteiger partial charge is 0.310 e. The highest BCUT2D eigenvalue weighted by atomic mass is 16.5. The van der Waals surface area contributed by atoms with Gasteiger partial charge in [-0.1, -0.05) is 30.3 Å². The Kier molecular flexibility index (Phi) is 3.76. The topological polar surface area (TPSA) is 49.8 Å². The third kappa shape index (κ3) is 2.72. The molecule has 1 N–H and O–H groups in total. The Bertz CT molecular complexity index is 476. The summed E-state index contributed by atoms with van der Waals surface area (Å²) in [5, 5.41) is 9.83. The summed E-state index contributed by atoms with van der Waals surface area (Å²) in [5.41, 5.74) is 0.979. The van der Waals surface area contributed by atoms with E-state index in [-0.39, 0.29) is 24.2 Å². The molecule has 20 heavy (non-hydrogen) atoms. The average molecular weight is 275 g/mol. The van der Waals surface area contributed by atoms with E-state index in [2.05, 4.69) is 11.9 Å². The van der Waals surface area contributed by atoms with Crippen molar-refractivity contribution in [1.82, 2.24) is 4.90 Å². The Labute approximate surface area is 119 Å². The Hall–Kier alpha value is -1.39. The van der Waals surface area contributed by atoms with Crippen LogP contribution in [0.15, 0.2) is 30.3 Å². The van der Waals surface area contributed by atoms with E-state index in [0.29, 0.717) is 18.9 Å².